The smallest absolute Gasteiger partial charge is 0.196 e. The van der Waals surface area contributed by atoms with Crippen molar-refractivity contribution in [3.63, 3.8) is 0 Å². The molecule has 5 nitrogen and oxygen atoms in total. The first kappa shape index (κ1) is 19.0. The van der Waals surface area contributed by atoms with E-state index in [4.69, 9.17) is 4.52 Å². The molecule has 0 atom stereocenters. The summed E-state index contributed by atoms with van der Waals surface area (Å²) >= 11 is 0. The lowest BCUT2D eigenvalue weighted by atomic mass is 9.86. The third-order valence-corrected chi connectivity index (χ3v) is 6.45. The van der Waals surface area contributed by atoms with Crippen LogP contribution in [0, 0.1) is 5.82 Å². The van der Waals surface area contributed by atoms with E-state index in [0.29, 0.717) is 28.3 Å². The van der Waals surface area contributed by atoms with E-state index in [0.717, 1.165) is 48.1 Å². The van der Waals surface area contributed by atoms with E-state index in [1.807, 2.05) is 30.3 Å². The predicted molar refractivity (Wildman–Crippen MR) is 123 cm³/mol. The Hall–Kier alpha value is -3.67. The van der Waals surface area contributed by atoms with E-state index in [2.05, 4.69) is 15.4 Å². The average molecular weight is 427 g/mol. The molecule has 0 bridgehead atoms. The molecule has 1 saturated heterocycles. The van der Waals surface area contributed by atoms with Crippen molar-refractivity contribution in [2.75, 3.05) is 23.3 Å². The first-order chi connectivity index (χ1) is 15.7. The molecule has 0 saturated carbocycles. The zero-order valence-electron chi connectivity index (χ0n) is 17.5. The Balaban J connectivity index is 1.60. The van der Waals surface area contributed by atoms with Crippen molar-refractivity contribution in [1.29, 1.82) is 0 Å². The van der Waals surface area contributed by atoms with Crippen LogP contribution in [0.5, 0.6) is 0 Å². The van der Waals surface area contributed by atoms with Crippen LogP contribution < -0.4 is 10.2 Å². The van der Waals surface area contributed by atoms with Crippen molar-refractivity contribution >= 4 is 33.7 Å². The van der Waals surface area contributed by atoms with E-state index in [1.165, 1.54) is 25.0 Å². The second kappa shape index (κ2) is 7.48. The van der Waals surface area contributed by atoms with Gasteiger partial charge in [0.05, 0.1) is 22.3 Å². The van der Waals surface area contributed by atoms with Crippen LogP contribution in [0.4, 0.5) is 21.5 Å². The summed E-state index contributed by atoms with van der Waals surface area (Å²) in [4.78, 5) is 16.0. The second-order valence-electron chi connectivity index (χ2n) is 8.46. The van der Waals surface area contributed by atoms with E-state index in [9.17, 15) is 9.18 Å². The van der Waals surface area contributed by atoms with Crippen molar-refractivity contribution < 1.29 is 13.7 Å². The Morgan fingerprint density at radius 2 is 1.66 bits per heavy atom. The van der Waals surface area contributed by atoms with Crippen LogP contribution in [0.1, 0.15) is 41.6 Å². The number of nitrogens with one attached hydrogen (secondary N) is 1. The number of carbonyl (C=O) groups excluding carboxylic acids is 1. The SMILES string of the molecule is O=C1c2ccccc2-c2onc3c(N4CCCCCC4)cc(Nc4ccc(F)cc4)c1c23. The Morgan fingerprint density at radius 3 is 2.41 bits per heavy atom. The largest absolute Gasteiger partial charge is 0.370 e. The highest BCUT2D eigenvalue weighted by atomic mass is 19.1. The molecule has 1 aliphatic heterocycles. The Kier molecular flexibility index (Phi) is 4.45. The predicted octanol–water partition coefficient (Wildman–Crippen LogP) is 6.30. The van der Waals surface area contributed by atoms with Crippen LogP contribution in [0.25, 0.3) is 22.2 Å². The van der Waals surface area contributed by atoms with Gasteiger partial charge < -0.3 is 14.7 Å². The Labute approximate surface area is 184 Å². The highest BCUT2D eigenvalue weighted by Crippen LogP contribution is 2.46. The van der Waals surface area contributed by atoms with Crippen LogP contribution >= 0.6 is 0 Å². The summed E-state index contributed by atoms with van der Waals surface area (Å²) in [6, 6.07) is 15.6. The first-order valence-corrected chi connectivity index (χ1v) is 11.1. The summed E-state index contributed by atoms with van der Waals surface area (Å²) in [5.74, 6) is 0.265. The van der Waals surface area contributed by atoms with Gasteiger partial charge in [-0.25, -0.2) is 4.39 Å². The molecule has 160 valence electrons. The number of anilines is 3. The fraction of sp³-hybridized carbons (Fsp3) is 0.231. The van der Waals surface area contributed by atoms with Crippen LogP contribution in [0.15, 0.2) is 59.1 Å². The summed E-state index contributed by atoms with van der Waals surface area (Å²) in [6.45, 7) is 1.88. The van der Waals surface area contributed by atoms with E-state index < -0.39 is 0 Å². The van der Waals surface area contributed by atoms with Gasteiger partial charge in [0.25, 0.3) is 0 Å². The molecule has 1 N–H and O–H groups in total. The number of fused-ring (bicyclic) bond motifs is 2. The van der Waals surface area contributed by atoms with Crippen molar-refractivity contribution in [2.45, 2.75) is 25.7 Å². The maximum Gasteiger partial charge on any atom is 0.196 e. The van der Waals surface area contributed by atoms with Crippen molar-refractivity contribution in [3.05, 3.63) is 71.5 Å². The quantitative estimate of drug-likeness (QED) is 0.366. The molecule has 0 spiro atoms. The van der Waals surface area contributed by atoms with Gasteiger partial charge in [0.1, 0.15) is 11.3 Å². The molecule has 4 aromatic rings. The van der Waals surface area contributed by atoms with Gasteiger partial charge in [-0.15, -0.1) is 0 Å². The minimum Gasteiger partial charge on any atom is -0.370 e. The molecule has 1 fully saturated rings. The molecule has 1 aliphatic carbocycles. The molecule has 6 rings (SSSR count). The molecule has 0 amide bonds. The van der Waals surface area contributed by atoms with Gasteiger partial charge in [0, 0.05) is 29.9 Å². The normalized spacial score (nSPS) is 15.5. The number of hydrogen-bond acceptors (Lipinski definition) is 5. The first-order valence-electron chi connectivity index (χ1n) is 11.1. The van der Waals surface area contributed by atoms with Crippen LogP contribution in [0.3, 0.4) is 0 Å². The molecule has 3 aromatic carbocycles. The van der Waals surface area contributed by atoms with Crippen LogP contribution in [-0.2, 0) is 0 Å². The standard InChI is InChI=1S/C26H22FN3O2/c27-16-9-11-17(12-10-16)28-20-15-21(30-13-5-1-2-6-14-30)24-23-22(20)25(31)18-7-3-4-8-19(18)26(23)32-29-24/h3-4,7-12,15,28H,1-2,5-6,13-14H2. The lowest BCUT2D eigenvalue weighted by Crippen LogP contribution is -2.24. The van der Waals surface area contributed by atoms with E-state index >= 15 is 0 Å². The van der Waals surface area contributed by atoms with Crippen molar-refractivity contribution in [3.8, 4) is 11.3 Å². The van der Waals surface area contributed by atoms with Crippen molar-refractivity contribution in [2.24, 2.45) is 0 Å². The number of hydrogen-bond donors (Lipinski definition) is 1. The van der Waals surface area contributed by atoms with Crippen LogP contribution in [-0.4, -0.2) is 24.0 Å². The average Bonchev–Trinajstić information content (AvgIpc) is 3.07. The number of ketones is 1. The molecule has 32 heavy (non-hydrogen) atoms. The Bertz CT molecular complexity index is 1340. The van der Waals surface area contributed by atoms with Gasteiger partial charge in [-0.1, -0.05) is 42.3 Å². The number of benzene rings is 3. The van der Waals surface area contributed by atoms with Gasteiger partial charge in [0.2, 0.25) is 0 Å². The Morgan fingerprint density at radius 1 is 0.938 bits per heavy atom. The van der Waals surface area contributed by atoms with Gasteiger partial charge >= 0.3 is 0 Å². The second-order valence-corrected chi connectivity index (χ2v) is 8.46. The molecule has 2 aliphatic rings. The minimum absolute atomic E-state index is 0.0617. The molecular weight excluding hydrogens is 405 g/mol. The van der Waals surface area contributed by atoms with Gasteiger partial charge in [-0.2, -0.15) is 0 Å². The summed E-state index contributed by atoms with van der Waals surface area (Å²) in [5.41, 5.74) is 5.02. The maximum atomic E-state index is 13.6. The summed E-state index contributed by atoms with van der Waals surface area (Å²) < 4.78 is 19.3. The highest BCUT2D eigenvalue weighted by molar-refractivity contribution is 6.28. The summed E-state index contributed by atoms with van der Waals surface area (Å²) in [7, 11) is 0. The third kappa shape index (κ3) is 2.98. The maximum absolute atomic E-state index is 13.6. The van der Waals surface area contributed by atoms with Gasteiger partial charge in [0.15, 0.2) is 11.5 Å². The lowest BCUT2D eigenvalue weighted by Gasteiger charge is -2.26. The fourth-order valence-electron chi connectivity index (χ4n) is 4.88. The molecule has 6 heteroatoms. The topological polar surface area (TPSA) is 58.4 Å². The van der Waals surface area contributed by atoms with Gasteiger partial charge in [-0.05, 0) is 43.2 Å². The lowest BCUT2D eigenvalue weighted by molar-refractivity contribution is 0.104. The molecule has 0 unspecified atom stereocenters. The number of rotatable bonds is 3. The highest BCUT2D eigenvalue weighted by Gasteiger charge is 2.33. The zero-order valence-corrected chi connectivity index (χ0v) is 17.5. The molecule has 2 heterocycles. The monoisotopic (exact) mass is 427 g/mol. The number of aromatic nitrogens is 1. The number of nitrogens with zero attached hydrogens (tertiary/aromatic N) is 2. The fourth-order valence-corrected chi connectivity index (χ4v) is 4.88. The van der Waals surface area contributed by atoms with Gasteiger partial charge in [-0.3, -0.25) is 4.79 Å². The third-order valence-electron chi connectivity index (χ3n) is 6.45. The molecular formula is C26H22FN3O2. The number of carbonyl (C=O) groups is 1. The summed E-state index contributed by atoms with van der Waals surface area (Å²) in [5, 5.41) is 8.56. The van der Waals surface area contributed by atoms with Crippen molar-refractivity contribution in [1.82, 2.24) is 5.16 Å². The summed E-state index contributed by atoms with van der Waals surface area (Å²) in [6.07, 6.45) is 4.68. The van der Waals surface area contributed by atoms with E-state index in [1.54, 1.807) is 12.1 Å². The minimum atomic E-state index is -0.302. The van der Waals surface area contributed by atoms with E-state index in [-0.39, 0.29) is 11.6 Å². The zero-order chi connectivity index (χ0) is 21.7. The number of halogens is 1. The molecule has 0 radical (unpaired) electrons. The van der Waals surface area contributed by atoms with Crippen LogP contribution in [0.2, 0.25) is 0 Å². The molecule has 1 aromatic heterocycles.